The molecule has 1 heterocycles. The molecule has 1 aromatic rings. The number of hydrogen-bond acceptors (Lipinski definition) is 2. The number of fused-ring (bicyclic) bond motifs is 1. The van der Waals surface area contributed by atoms with Gasteiger partial charge in [-0.05, 0) is 31.0 Å². The predicted octanol–water partition coefficient (Wildman–Crippen LogP) is 2.92. The minimum Gasteiger partial charge on any atom is -0.380 e. The second-order valence-electron chi connectivity index (χ2n) is 4.43. The van der Waals surface area contributed by atoms with Crippen LogP contribution in [0.4, 0.5) is 11.4 Å². The summed E-state index contributed by atoms with van der Waals surface area (Å²) >= 11 is 0. The van der Waals surface area contributed by atoms with Gasteiger partial charge in [-0.2, -0.15) is 0 Å². The topological polar surface area (TPSA) is 41.1 Å². The van der Waals surface area contributed by atoms with Crippen molar-refractivity contribution in [3.63, 3.8) is 0 Å². The maximum atomic E-state index is 11.7. The molecule has 0 aliphatic carbocycles. The van der Waals surface area contributed by atoms with Gasteiger partial charge < -0.3 is 10.6 Å². The molecule has 0 fully saturated rings. The number of benzene rings is 1. The molecular formula is C13H18N2O. The zero-order chi connectivity index (χ0) is 11.5. The van der Waals surface area contributed by atoms with Crippen LogP contribution in [0, 0.1) is 6.92 Å². The summed E-state index contributed by atoms with van der Waals surface area (Å²) in [6, 6.07) is 6.32. The molecule has 0 bridgehead atoms. The number of nitrogens with one attached hydrogen (secondary N) is 2. The molecule has 0 radical (unpaired) electrons. The van der Waals surface area contributed by atoms with Crippen LogP contribution in [0.25, 0.3) is 0 Å². The Bertz CT molecular complexity index is 401. The lowest BCUT2D eigenvalue weighted by Crippen LogP contribution is -2.22. The largest absolute Gasteiger partial charge is 0.380 e. The molecule has 2 rings (SSSR count). The van der Waals surface area contributed by atoms with Crippen LogP contribution < -0.4 is 10.6 Å². The van der Waals surface area contributed by atoms with Crippen LogP contribution in [0.1, 0.15) is 31.7 Å². The summed E-state index contributed by atoms with van der Waals surface area (Å²) in [6.45, 7) is 4.20. The first-order valence-corrected chi connectivity index (χ1v) is 5.86. The van der Waals surface area contributed by atoms with Crippen molar-refractivity contribution < 1.29 is 4.79 Å². The van der Waals surface area contributed by atoms with E-state index in [1.165, 1.54) is 5.56 Å². The fourth-order valence-electron chi connectivity index (χ4n) is 2.11. The highest BCUT2D eigenvalue weighted by Gasteiger charge is 2.19. The number of amides is 1. The Hall–Kier alpha value is -1.51. The van der Waals surface area contributed by atoms with Crippen LogP contribution >= 0.6 is 0 Å². The SMILES string of the molecule is CCCC1CC(=O)Nc2ccc(C)cc2N1. The van der Waals surface area contributed by atoms with E-state index in [0.717, 1.165) is 24.2 Å². The van der Waals surface area contributed by atoms with E-state index in [1.54, 1.807) is 0 Å². The minimum absolute atomic E-state index is 0.105. The summed E-state index contributed by atoms with van der Waals surface area (Å²) < 4.78 is 0. The Balaban J connectivity index is 2.28. The zero-order valence-corrected chi connectivity index (χ0v) is 9.84. The zero-order valence-electron chi connectivity index (χ0n) is 9.84. The summed E-state index contributed by atoms with van der Waals surface area (Å²) in [4.78, 5) is 11.7. The molecular weight excluding hydrogens is 200 g/mol. The first-order chi connectivity index (χ1) is 7.69. The molecule has 1 aromatic carbocycles. The summed E-state index contributed by atoms with van der Waals surface area (Å²) in [6.07, 6.45) is 2.68. The Morgan fingerprint density at radius 3 is 2.94 bits per heavy atom. The van der Waals surface area contributed by atoms with Gasteiger partial charge in [-0.1, -0.05) is 19.4 Å². The molecule has 2 N–H and O–H groups in total. The van der Waals surface area contributed by atoms with Crippen molar-refractivity contribution in [1.29, 1.82) is 0 Å². The van der Waals surface area contributed by atoms with Gasteiger partial charge in [0.2, 0.25) is 5.91 Å². The third-order valence-electron chi connectivity index (χ3n) is 2.88. The molecule has 86 valence electrons. The van der Waals surface area contributed by atoms with Crippen molar-refractivity contribution in [3.05, 3.63) is 23.8 Å². The van der Waals surface area contributed by atoms with E-state index in [2.05, 4.69) is 30.5 Å². The van der Waals surface area contributed by atoms with Gasteiger partial charge in [-0.3, -0.25) is 4.79 Å². The van der Waals surface area contributed by atoms with Gasteiger partial charge in [0.05, 0.1) is 11.4 Å². The monoisotopic (exact) mass is 218 g/mol. The van der Waals surface area contributed by atoms with Crippen LogP contribution in [0.3, 0.4) is 0 Å². The number of anilines is 2. The van der Waals surface area contributed by atoms with Crippen LogP contribution in [0.2, 0.25) is 0 Å². The maximum absolute atomic E-state index is 11.7. The molecule has 0 spiro atoms. The number of carbonyl (C=O) groups is 1. The summed E-state index contributed by atoms with van der Waals surface area (Å²) in [5, 5.41) is 6.38. The number of carbonyl (C=O) groups excluding carboxylic acids is 1. The van der Waals surface area contributed by atoms with Crippen molar-refractivity contribution in [2.75, 3.05) is 10.6 Å². The molecule has 1 amide bonds. The van der Waals surface area contributed by atoms with Gasteiger partial charge in [0, 0.05) is 12.5 Å². The standard InChI is InChI=1S/C13H18N2O/c1-3-4-10-8-13(16)15-11-6-5-9(2)7-12(11)14-10/h5-7,10,14H,3-4,8H2,1-2H3,(H,15,16). The highest BCUT2D eigenvalue weighted by atomic mass is 16.1. The van der Waals surface area contributed by atoms with Crippen LogP contribution in [0.5, 0.6) is 0 Å². The second kappa shape index (κ2) is 4.56. The third kappa shape index (κ3) is 2.35. The van der Waals surface area contributed by atoms with Crippen molar-refractivity contribution >= 4 is 17.3 Å². The fourth-order valence-corrected chi connectivity index (χ4v) is 2.11. The Labute approximate surface area is 96.2 Å². The lowest BCUT2D eigenvalue weighted by Gasteiger charge is -2.16. The van der Waals surface area contributed by atoms with E-state index in [9.17, 15) is 4.79 Å². The Morgan fingerprint density at radius 1 is 1.38 bits per heavy atom. The van der Waals surface area contributed by atoms with Crippen LogP contribution in [0.15, 0.2) is 18.2 Å². The van der Waals surface area contributed by atoms with Crippen molar-refractivity contribution in [1.82, 2.24) is 0 Å². The normalized spacial score (nSPS) is 19.4. The average molecular weight is 218 g/mol. The summed E-state index contributed by atoms with van der Waals surface area (Å²) in [5.74, 6) is 0.105. The van der Waals surface area contributed by atoms with E-state index >= 15 is 0 Å². The van der Waals surface area contributed by atoms with Gasteiger partial charge >= 0.3 is 0 Å². The van der Waals surface area contributed by atoms with Crippen LogP contribution in [-0.2, 0) is 4.79 Å². The molecule has 0 saturated carbocycles. The predicted molar refractivity (Wildman–Crippen MR) is 66.7 cm³/mol. The van der Waals surface area contributed by atoms with E-state index in [4.69, 9.17) is 0 Å². The van der Waals surface area contributed by atoms with Crippen LogP contribution in [-0.4, -0.2) is 11.9 Å². The van der Waals surface area contributed by atoms with E-state index < -0.39 is 0 Å². The average Bonchev–Trinajstić information content (AvgIpc) is 2.36. The van der Waals surface area contributed by atoms with Gasteiger partial charge in [0.1, 0.15) is 0 Å². The fraction of sp³-hybridized carbons (Fsp3) is 0.462. The third-order valence-corrected chi connectivity index (χ3v) is 2.88. The Kier molecular flexibility index (Phi) is 3.13. The highest BCUT2D eigenvalue weighted by Crippen LogP contribution is 2.28. The molecule has 3 heteroatoms. The van der Waals surface area contributed by atoms with Crippen molar-refractivity contribution in [3.8, 4) is 0 Å². The maximum Gasteiger partial charge on any atom is 0.226 e. The molecule has 3 nitrogen and oxygen atoms in total. The Morgan fingerprint density at radius 2 is 2.19 bits per heavy atom. The van der Waals surface area contributed by atoms with E-state index in [-0.39, 0.29) is 11.9 Å². The van der Waals surface area contributed by atoms with E-state index in [0.29, 0.717) is 6.42 Å². The lowest BCUT2D eigenvalue weighted by atomic mass is 10.1. The second-order valence-corrected chi connectivity index (χ2v) is 4.43. The molecule has 0 saturated heterocycles. The molecule has 0 aromatic heterocycles. The molecule has 1 aliphatic rings. The summed E-state index contributed by atoms with van der Waals surface area (Å²) in [7, 11) is 0. The number of aryl methyl sites for hydroxylation is 1. The smallest absolute Gasteiger partial charge is 0.226 e. The molecule has 16 heavy (non-hydrogen) atoms. The van der Waals surface area contributed by atoms with Gasteiger partial charge in [-0.15, -0.1) is 0 Å². The molecule has 1 aliphatic heterocycles. The number of rotatable bonds is 2. The van der Waals surface area contributed by atoms with Gasteiger partial charge in [0.25, 0.3) is 0 Å². The van der Waals surface area contributed by atoms with E-state index in [1.807, 2.05) is 12.1 Å². The van der Waals surface area contributed by atoms with Gasteiger partial charge in [0.15, 0.2) is 0 Å². The summed E-state index contributed by atoms with van der Waals surface area (Å²) in [5.41, 5.74) is 3.15. The minimum atomic E-state index is 0.105. The quantitative estimate of drug-likeness (QED) is 0.801. The van der Waals surface area contributed by atoms with Crippen molar-refractivity contribution in [2.24, 2.45) is 0 Å². The lowest BCUT2D eigenvalue weighted by molar-refractivity contribution is -0.116. The highest BCUT2D eigenvalue weighted by molar-refractivity contribution is 5.96. The first kappa shape index (κ1) is 11.0. The number of hydrogen-bond donors (Lipinski definition) is 2. The first-order valence-electron chi connectivity index (χ1n) is 5.86. The molecule has 1 unspecified atom stereocenters. The van der Waals surface area contributed by atoms with Gasteiger partial charge in [-0.25, -0.2) is 0 Å². The van der Waals surface area contributed by atoms with Crippen molar-refractivity contribution in [2.45, 2.75) is 39.2 Å². The molecule has 1 atom stereocenters.